The minimum Gasteiger partial charge on any atom is -0.487 e. The Hall–Kier alpha value is -3.45. The van der Waals surface area contributed by atoms with E-state index < -0.39 is 0 Å². The van der Waals surface area contributed by atoms with Gasteiger partial charge in [-0.05, 0) is 25.1 Å². The second kappa shape index (κ2) is 8.73. The third-order valence-corrected chi connectivity index (χ3v) is 5.25. The quantitative estimate of drug-likeness (QED) is 0.410. The molecule has 7 nitrogen and oxygen atoms in total. The second-order valence-corrected chi connectivity index (χ2v) is 7.54. The maximum Gasteiger partial charge on any atom is 0.302 e. The molecule has 0 unspecified atom stereocenters. The van der Waals surface area contributed by atoms with E-state index in [-0.39, 0.29) is 19.2 Å². The van der Waals surface area contributed by atoms with Gasteiger partial charge in [-0.1, -0.05) is 23.7 Å². The zero-order valence-corrected chi connectivity index (χ0v) is 18.2. The van der Waals surface area contributed by atoms with Gasteiger partial charge in [0.05, 0.1) is 10.7 Å². The van der Waals surface area contributed by atoms with Gasteiger partial charge in [-0.15, -0.1) is 0 Å². The molecule has 0 fully saturated rings. The number of para-hydroxylation sites is 1. The number of pyridine rings is 2. The van der Waals surface area contributed by atoms with Crippen molar-refractivity contribution in [1.29, 1.82) is 0 Å². The lowest BCUT2D eigenvalue weighted by Crippen LogP contribution is -2.06. The van der Waals surface area contributed by atoms with Crippen molar-refractivity contribution in [2.45, 2.75) is 27.1 Å². The Kier molecular flexibility index (Phi) is 5.86. The summed E-state index contributed by atoms with van der Waals surface area (Å²) in [6, 6.07) is 9.84. The van der Waals surface area contributed by atoms with E-state index in [0.717, 1.165) is 33.4 Å². The van der Waals surface area contributed by atoms with Crippen LogP contribution in [0.2, 0.25) is 5.02 Å². The van der Waals surface area contributed by atoms with E-state index in [0.29, 0.717) is 16.3 Å². The van der Waals surface area contributed by atoms with Crippen LogP contribution in [0, 0.1) is 6.92 Å². The molecular formula is C23H21ClN4O3. The van der Waals surface area contributed by atoms with Crippen LogP contribution in [0.5, 0.6) is 5.75 Å². The molecule has 0 aliphatic rings. The zero-order valence-electron chi connectivity index (χ0n) is 17.4. The van der Waals surface area contributed by atoms with Crippen molar-refractivity contribution >= 4 is 28.5 Å². The Morgan fingerprint density at radius 3 is 2.77 bits per heavy atom. The van der Waals surface area contributed by atoms with Crippen LogP contribution in [0.1, 0.15) is 23.7 Å². The van der Waals surface area contributed by atoms with E-state index in [9.17, 15) is 4.79 Å². The fourth-order valence-electron chi connectivity index (χ4n) is 3.43. The first-order valence-corrected chi connectivity index (χ1v) is 10.1. The molecule has 158 valence electrons. The highest BCUT2D eigenvalue weighted by Crippen LogP contribution is 2.33. The predicted octanol–water partition coefficient (Wildman–Crippen LogP) is 4.63. The van der Waals surface area contributed by atoms with Gasteiger partial charge in [-0.3, -0.25) is 14.5 Å². The number of aromatic nitrogens is 4. The first kappa shape index (κ1) is 20.8. The lowest BCUT2D eigenvalue weighted by Gasteiger charge is -2.15. The molecule has 0 aliphatic heterocycles. The van der Waals surface area contributed by atoms with Crippen LogP contribution in [0.25, 0.3) is 22.2 Å². The molecule has 0 radical (unpaired) electrons. The molecule has 3 aromatic heterocycles. The molecule has 4 aromatic rings. The number of hydrogen-bond acceptors (Lipinski definition) is 6. The summed E-state index contributed by atoms with van der Waals surface area (Å²) in [5, 5.41) is 5.70. The molecule has 31 heavy (non-hydrogen) atoms. The average Bonchev–Trinajstić information content (AvgIpc) is 3.16. The Bertz CT molecular complexity index is 1270. The van der Waals surface area contributed by atoms with Gasteiger partial charge in [0.1, 0.15) is 24.5 Å². The summed E-state index contributed by atoms with van der Waals surface area (Å²) in [5.41, 5.74) is 5.07. The third-order valence-electron chi connectivity index (χ3n) is 4.92. The number of aryl methyl sites for hydroxylation is 2. The van der Waals surface area contributed by atoms with Crippen LogP contribution in [-0.2, 0) is 29.8 Å². The van der Waals surface area contributed by atoms with Gasteiger partial charge in [-0.2, -0.15) is 5.10 Å². The standard InChI is InChI=1S/C23H21ClN4O3/c1-14-9-18(21-7-8-26-28(21)3)17-5-4-6-22(23(17)27-14)31-13-19-16(12-30-15(2)29)10-25-11-20(19)24/h4-11H,12-13H2,1-3H3. The number of esters is 1. The molecule has 0 amide bonds. The van der Waals surface area contributed by atoms with Crippen molar-refractivity contribution in [1.82, 2.24) is 19.7 Å². The first-order valence-electron chi connectivity index (χ1n) is 9.70. The number of rotatable bonds is 6. The minimum atomic E-state index is -0.372. The van der Waals surface area contributed by atoms with Gasteiger partial charge in [0, 0.05) is 60.3 Å². The summed E-state index contributed by atoms with van der Waals surface area (Å²) < 4.78 is 13.1. The van der Waals surface area contributed by atoms with Gasteiger partial charge >= 0.3 is 5.97 Å². The largest absolute Gasteiger partial charge is 0.487 e. The highest BCUT2D eigenvalue weighted by atomic mass is 35.5. The van der Waals surface area contributed by atoms with E-state index >= 15 is 0 Å². The van der Waals surface area contributed by atoms with Crippen LogP contribution in [0.15, 0.2) is 48.9 Å². The summed E-state index contributed by atoms with van der Waals surface area (Å²) in [6.07, 6.45) is 4.94. The third kappa shape index (κ3) is 4.36. The molecule has 0 saturated heterocycles. The molecule has 1 aromatic carbocycles. The number of halogens is 1. The molecule has 0 bridgehead atoms. The average molecular weight is 437 g/mol. The maximum atomic E-state index is 11.2. The van der Waals surface area contributed by atoms with Crippen LogP contribution in [0.3, 0.4) is 0 Å². The normalized spacial score (nSPS) is 11.0. The number of fused-ring (bicyclic) bond motifs is 1. The second-order valence-electron chi connectivity index (χ2n) is 7.13. The number of benzene rings is 1. The zero-order chi connectivity index (χ0) is 22.0. The predicted molar refractivity (Wildman–Crippen MR) is 118 cm³/mol. The lowest BCUT2D eigenvalue weighted by molar-refractivity contribution is -0.142. The number of nitrogens with zero attached hydrogens (tertiary/aromatic N) is 4. The molecule has 0 aliphatic carbocycles. The molecular weight excluding hydrogens is 416 g/mol. The summed E-state index contributed by atoms with van der Waals surface area (Å²) in [6.45, 7) is 3.58. The summed E-state index contributed by atoms with van der Waals surface area (Å²) in [4.78, 5) is 20.0. The van der Waals surface area contributed by atoms with Crippen molar-refractivity contribution in [3.05, 3.63) is 70.8 Å². The Labute approximate surface area is 184 Å². The topological polar surface area (TPSA) is 79.1 Å². The van der Waals surface area contributed by atoms with Crippen molar-refractivity contribution in [3.8, 4) is 17.0 Å². The fraction of sp³-hybridized carbons (Fsp3) is 0.217. The molecule has 0 spiro atoms. The Balaban J connectivity index is 1.70. The Morgan fingerprint density at radius 2 is 2.03 bits per heavy atom. The van der Waals surface area contributed by atoms with Crippen molar-refractivity contribution < 1.29 is 14.3 Å². The SMILES string of the molecule is CC(=O)OCc1cncc(Cl)c1COc1cccc2c(-c3ccnn3C)cc(C)nc12. The highest BCUT2D eigenvalue weighted by molar-refractivity contribution is 6.31. The van der Waals surface area contributed by atoms with Crippen molar-refractivity contribution in [2.75, 3.05) is 0 Å². The van der Waals surface area contributed by atoms with Crippen LogP contribution < -0.4 is 4.74 Å². The molecule has 8 heteroatoms. The highest BCUT2D eigenvalue weighted by Gasteiger charge is 2.15. The van der Waals surface area contributed by atoms with E-state index in [1.54, 1.807) is 18.6 Å². The van der Waals surface area contributed by atoms with E-state index in [4.69, 9.17) is 26.1 Å². The van der Waals surface area contributed by atoms with Crippen molar-refractivity contribution in [2.24, 2.45) is 7.05 Å². The van der Waals surface area contributed by atoms with E-state index in [1.165, 1.54) is 6.92 Å². The number of carbonyl (C=O) groups excluding carboxylic acids is 1. The van der Waals surface area contributed by atoms with Gasteiger partial charge in [-0.25, -0.2) is 4.98 Å². The van der Waals surface area contributed by atoms with Gasteiger partial charge < -0.3 is 9.47 Å². The molecule has 3 heterocycles. The van der Waals surface area contributed by atoms with Crippen LogP contribution in [0.4, 0.5) is 0 Å². The maximum absolute atomic E-state index is 11.2. The Morgan fingerprint density at radius 1 is 1.19 bits per heavy atom. The lowest BCUT2D eigenvalue weighted by atomic mass is 10.0. The number of carbonyl (C=O) groups is 1. The molecule has 0 N–H and O–H groups in total. The molecule has 0 atom stereocenters. The summed E-state index contributed by atoms with van der Waals surface area (Å²) in [5.74, 6) is 0.263. The summed E-state index contributed by atoms with van der Waals surface area (Å²) in [7, 11) is 1.91. The monoisotopic (exact) mass is 436 g/mol. The number of ether oxygens (including phenoxy) is 2. The van der Waals surface area contributed by atoms with Crippen LogP contribution >= 0.6 is 11.6 Å². The van der Waals surface area contributed by atoms with Crippen LogP contribution in [-0.4, -0.2) is 25.7 Å². The van der Waals surface area contributed by atoms with Gasteiger partial charge in [0.2, 0.25) is 0 Å². The van der Waals surface area contributed by atoms with Gasteiger partial charge in [0.15, 0.2) is 0 Å². The minimum absolute atomic E-state index is 0.0825. The first-order chi connectivity index (χ1) is 14.9. The number of hydrogen-bond donors (Lipinski definition) is 0. The fourth-order valence-corrected chi connectivity index (χ4v) is 3.67. The van der Waals surface area contributed by atoms with Gasteiger partial charge in [0.25, 0.3) is 0 Å². The van der Waals surface area contributed by atoms with E-state index in [1.807, 2.05) is 49.0 Å². The van der Waals surface area contributed by atoms with Crippen molar-refractivity contribution in [3.63, 3.8) is 0 Å². The summed E-state index contributed by atoms with van der Waals surface area (Å²) >= 11 is 6.36. The van der Waals surface area contributed by atoms with E-state index in [2.05, 4.69) is 10.1 Å². The molecule has 4 rings (SSSR count). The molecule has 0 saturated carbocycles. The smallest absolute Gasteiger partial charge is 0.302 e.